The Balaban J connectivity index is 1.91. The van der Waals surface area contributed by atoms with E-state index < -0.39 is 0 Å². The van der Waals surface area contributed by atoms with Crippen molar-refractivity contribution in [2.45, 2.75) is 32.2 Å². The van der Waals surface area contributed by atoms with Gasteiger partial charge in [-0.1, -0.05) is 35.9 Å². The minimum Gasteiger partial charge on any atom is -0.363 e. The summed E-state index contributed by atoms with van der Waals surface area (Å²) in [5.41, 5.74) is 3.72. The Morgan fingerprint density at radius 1 is 1.26 bits per heavy atom. The summed E-state index contributed by atoms with van der Waals surface area (Å²) in [6, 6.07) is 8.93. The number of anilines is 1. The molecule has 0 saturated carbocycles. The van der Waals surface area contributed by atoms with Gasteiger partial charge in [-0.15, -0.1) is 0 Å². The van der Waals surface area contributed by atoms with Crippen LogP contribution in [0.3, 0.4) is 0 Å². The fraction of sp³-hybridized carbons (Fsp3) is 0.333. The largest absolute Gasteiger partial charge is 0.363 e. The highest BCUT2D eigenvalue weighted by Gasteiger charge is 2.20. The summed E-state index contributed by atoms with van der Waals surface area (Å²) in [4.78, 5) is 8.29. The molecule has 4 heteroatoms. The highest BCUT2D eigenvalue weighted by molar-refractivity contribution is 6.30. The lowest BCUT2D eigenvalue weighted by molar-refractivity contribution is 0.598. The molecule has 0 spiro atoms. The molecule has 0 saturated heterocycles. The van der Waals surface area contributed by atoms with Crippen molar-refractivity contribution in [2.24, 2.45) is 0 Å². The lowest BCUT2D eigenvalue weighted by Gasteiger charge is -2.27. The number of hydrogen-bond acceptors (Lipinski definition) is 3. The van der Waals surface area contributed by atoms with E-state index in [1.165, 1.54) is 23.9 Å². The average molecular weight is 274 g/mol. The molecule has 1 aliphatic rings. The van der Waals surface area contributed by atoms with Gasteiger partial charge in [-0.2, -0.15) is 0 Å². The van der Waals surface area contributed by atoms with E-state index in [9.17, 15) is 0 Å². The molecule has 1 N–H and O–H groups in total. The first kappa shape index (κ1) is 12.4. The van der Waals surface area contributed by atoms with Gasteiger partial charge in [-0.25, -0.2) is 9.97 Å². The van der Waals surface area contributed by atoms with Crippen molar-refractivity contribution in [3.63, 3.8) is 0 Å². The molecule has 1 aliphatic carbocycles. The Morgan fingerprint density at radius 3 is 3.00 bits per heavy atom. The maximum absolute atomic E-state index is 6.04. The molecule has 0 fully saturated rings. The van der Waals surface area contributed by atoms with E-state index in [1.807, 2.05) is 6.92 Å². The average Bonchev–Trinajstić information content (AvgIpc) is 2.44. The zero-order chi connectivity index (χ0) is 13.2. The number of fused-ring (bicyclic) bond motifs is 1. The monoisotopic (exact) mass is 273 g/mol. The van der Waals surface area contributed by atoms with Crippen molar-refractivity contribution < 1.29 is 0 Å². The van der Waals surface area contributed by atoms with Crippen LogP contribution in [0.2, 0.25) is 5.15 Å². The van der Waals surface area contributed by atoms with E-state index in [4.69, 9.17) is 11.6 Å². The van der Waals surface area contributed by atoms with Crippen LogP contribution < -0.4 is 5.32 Å². The fourth-order valence-corrected chi connectivity index (χ4v) is 2.78. The van der Waals surface area contributed by atoms with Crippen LogP contribution >= 0.6 is 11.6 Å². The van der Waals surface area contributed by atoms with Crippen LogP contribution in [-0.4, -0.2) is 9.97 Å². The van der Waals surface area contributed by atoms with Gasteiger partial charge in [0.25, 0.3) is 0 Å². The van der Waals surface area contributed by atoms with Gasteiger partial charge in [-0.05, 0) is 37.3 Å². The first-order valence-corrected chi connectivity index (χ1v) is 6.95. The summed E-state index contributed by atoms with van der Waals surface area (Å²) in [6.45, 7) is 1.94. The SMILES string of the molecule is Cc1c(Cl)ncnc1NC1CCCc2ccccc21. The number of rotatable bonds is 2. The Kier molecular flexibility index (Phi) is 3.38. The molecule has 1 atom stereocenters. The first-order valence-electron chi connectivity index (χ1n) is 6.57. The van der Waals surface area contributed by atoms with E-state index in [0.29, 0.717) is 11.2 Å². The Morgan fingerprint density at radius 2 is 2.11 bits per heavy atom. The summed E-state index contributed by atoms with van der Waals surface area (Å²) in [5.74, 6) is 0.835. The van der Waals surface area contributed by atoms with Crippen molar-refractivity contribution >= 4 is 17.4 Å². The van der Waals surface area contributed by atoms with Crippen molar-refractivity contribution in [3.8, 4) is 0 Å². The van der Waals surface area contributed by atoms with Crippen molar-refractivity contribution in [3.05, 3.63) is 52.4 Å². The molecule has 1 heterocycles. The maximum atomic E-state index is 6.04. The quantitative estimate of drug-likeness (QED) is 0.843. The number of aryl methyl sites for hydroxylation is 1. The van der Waals surface area contributed by atoms with Crippen LogP contribution in [0.25, 0.3) is 0 Å². The number of benzene rings is 1. The smallest absolute Gasteiger partial charge is 0.137 e. The van der Waals surface area contributed by atoms with E-state index >= 15 is 0 Å². The van der Waals surface area contributed by atoms with Gasteiger partial charge in [0.15, 0.2) is 0 Å². The minimum absolute atomic E-state index is 0.314. The summed E-state index contributed by atoms with van der Waals surface area (Å²) in [7, 11) is 0. The second kappa shape index (κ2) is 5.17. The van der Waals surface area contributed by atoms with Gasteiger partial charge in [0, 0.05) is 5.56 Å². The normalized spacial score (nSPS) is 17.9. The first-order chi connectivity index (χ1) is 9.25. The fourth-order valence-electron chi connectivity index (χ4n) is 2.64. The van der Waals surface area contributed by atoms with E-state index in [0.717, 1.165) is 24.2 Å². The standard InChI is InChI=1S/C15H16ClN3/c1-10-14(16)17-9-18-15(10)19-13-8-4-6-11-5-2-3-7-12(11)13/h2-3,5,7,9,13H,4,6,8H2,1H3,(H,17,18,19). The van der Waals surface area contributed by atoms with E-state index in [1.54, 1.807) is 0 Å². The molecule has 1 aromatic heterocycles. The molecule has 0 radical (unpaired) electrons. The molecule has 0 aliphatic heterocycles. The number of nitrogens with one attached hydrogen (secondary N) is 1. The van der Waals surface area contributed by atoms with Gasteiger partial charge in [-0.3, -0.25) is 0 Å². The number of halogens is 1. The molecule has 0 bridgehead atoms. The predicted molar refractivity (Wildman–Crippen MR) is 77.5 cm³/mol. The van der Waals surface area contributed by atoms with Crippen LogP contribution in [0, 0.1) is 6.92 Å². The molecule has 2 aromatic rings. The van der Waals surface area contributed by atoms with Crippen LogP contribution in [0.5, 0.6) is 0 Å². The number of nitrogens with zero attached hydrogens (tertiary/aromatic N) is 2. The summed E-state index contributed by atoms with van der Waals surface area (Å²) in [6.07, 6.45) is 4.99. The summed E-state index contributed by atoms with van der Waals surface area (Å²) in [5, 5.41) is 4.03. The third-order valence-corrected chi connectivity index (χ3v) is 4.08. The molecular weight excluding hydrogens is 258 g/mol. The van der Waals surface area contributed by atoms with Gasteiger partial charge >= 0.3 is 0 Å². The zero-order valence-corrected chi connectivity index (χ0v) is 11.6. The second-order valence-corrected chi connectivity index (χ2v) is 5.28. The summed E-state index contributed by atoms with van der Waals surface area (Å²) >= 11 is 6.04. The highest BCUT2D eigenvalue weighted by Crippen LogP contribution is 2.33. The van der Waals surface area contributed by atoms with Gasteiger partial charge in [0.05, 0.1) is 6.04 Å². The predicted octanol–water partition coefficient (Wildman–Crippen LogP) is 3.93. The lowest BCUT2D eigenvalue weighted by Crippen LogP contribution is -2.18. The maximum Gasteiger partial charge on any atom is 0.137 e. The number of aromatic nitrogens is 2. The Bertz CT molecular complexity index is 598. The summed E-state index contributed by atoms with van der Waals surface area (Å²) < 4.78 is 0. The topological polar surface area (TPSA) is 37.8 Å². The van der Waals surface area contributed by atoms with Gasteiger partial charge in [0.2, 0.25) is 0 Å². The van der Waals surface area contributed by atoms with E-state index in [2.05, 4.69) is 39.6 Å². The van der Waals surface area contributed by atoms with Crippen molar-refractivity contribution in [2.75, 3.05) is 5.32 Å². The molecule has 1 aromatic carbocycles. The Labute approximate surface area is 118 Å². The molecule has 0 amide bonds. The van der Waals surface area contributed by atoms with Crippen LogP contribution in [0.4, 0.5) is 5.82 Å². The third-order valence-electron chi connectivity index (χ3n) is 3.70. The number of hydrogen-bond donors (Lipinski definition) is 1. The third kappa shape index (κ3) is 2.43. The minimum atomic E-state index is 0.314. The van der Waals surface area contributed by atoms with E-state index in [-0.39, 0.29) is 0 Å². The molecular formula is C15H16ClN3. The second-order valence-electron chi connectivity index (χ2n) is 4.93. The molecule has 3 rings (SSSR count). The molecule has 98 valence electrons. The van der Waals surface area contributed by atoms with Crippen LogP contribution in [-0.2, 0) is 6.42 Å². The Hall–Kier alpha value is -1.61. The van der Waals surface area contributed by atoms with Gasteiger partial charge in [0.1, 0.15) is 17.3 Å². The lowest BCUT2D eigenvalue weighted by atomic mass is 9.88. The molecule has 1 unspecified atom stereocenters. The zero-order valence-electron chi connectivity index (χ0n) is 10.9. The van der Waals surface area contributed by atoms with Crippen LogP contribution in [0.15, 0.2) is 30.6 Å². The highest BCUT2D eigenvalue weighted by atomic mass is 35.5. The van der Waals surface area contributed by atoms with Crippen LogP contribution in [0.1, 0.15) is 35.6 Å². The van der Waals surface area contributed by atoms with Gasteiger partial charge < -0.3 is 5.32 Å². The van der Waals surface area contributed by atoms with Crippen molar-refractivity contribution in [1.29, 1.82) is 0 Å². The molecule has 19 heavy (non-hydrogen) atoms. The van der Waals surface area contributed by atoms with Crippen molar-refractivity contribution in [1.82, 2.24) is 9.97 Å². The molecule has 3 nitrogen and oxygen atoms in total.